The van der Waals surface area contributed by atoms with E-state index in [1.54, 1.807) is 6.08 Å². The monoisotopic (exact) mass is 240 g/mol. The van der Waals surface area contributed by atoms with Crippen molar-refractivity contribution in [2.24, 2.45) is 5.92 Å². The number of carbonyl (C=O) groups is 2. The molecule has 2 unspecified atom stereocenters. The van der Waals surface area contributed by atoms with Crippen LogP contribution in [-0.4, -0.2) is 47.6 Å². The van der Waals surface area contributed by atoms with Crippen LogP contribution in [-0.2, 0) is 9.59 Å². The van der Waals surface area contributed by atoms with E-state index in [4.69, 9.17) is 5.11 Å². The van der Waals surface area contributed by atoms with Crippen LogP contribution in [0.1, 0.15) is 19.8 Å². The van der Waals surface area contributed by atoms with E-state index in [1.807, 2.05) is 6.92 Å². The molecule has 5 nitrogen and oxygen atoms in total. The minimum Gasteiger partial charge on any atom is -0.480 e. The van der Waals surface area contributed by atoms with Crippen molar-refractivity contribution in [2.75, 3.05) is 19.6 Å². The summed E-state index contributed by atoms with van der Waals surface area (Å²) >= 11 is 0. The maximum Gasteiger partial charge on any atom is 0.326 e. The number of carboxylic acid groups (broad SMARTS) is 1. The van der Waals surface area contributed by atoms with E-state index in [0.29, 0.717) is 25.4 Å². The van der Waals surface area contributed by atoms with Crippen molar-refractivity contribution in [3.8, 4) is 0 Å². The lowest BCUT2D eigenvalue weighted by molar-refractivity contribution is -0.152. The zero-order valence-electron chi connectivity index (χ0n) is 10.2. The third kappa shape index (κ3) is 3.85. The fourth-order valence-corrected chi connectivity index (χ4v) is 2.06. The lowest BCUT2D eigenvalue weighted by Gasteiger charge is -2.36. The molecule has 0 aromatic heterocycles. The summed E-state index contributed by atoms with van der Waals surface area (Å²) in [5.41, 5.74) is 0. The van der Waals surface area contributed by atoms with Crippen LogP contribution in [0.3, 0.4) is 0 Å². The van der Waals surface area contributed by atoms with Crippen molar-refractivity contribution >= 4 is 11.9 Å². The van der Waals surface area contributed by atoms with Crippen LogP contribution in [0.15, 0.2) is 12.7 Å². The Bertz CT molecular complexity index is 304. The summed E-state index contributed by atoms with van der Waals surface area (Å²) in [7, 11) is 0. The summed E-state index contributed by atoms with van der Waals surface area (Å²) < 4.78 is 0. The van der Waals surface area contributed by atoms with Gasteiger partial charge in [0.2, 0.25) is 5.91 Å². The fourth-order valence-electron chi connectivity index (χ4n) is 2.06. The van der Waals surface area contributed by atoms with Gasteiger partial charge < -0.3 is 15.3 Å². The molecule has 0 aliphatic carbocycles. The van der Waals surface area contributed by atoms with Gasteiger partial charge in [0.1, 0.15) is 6.04 Å². The quantitative estimate of drug-likeness (QED) is 0.541. The Morgan fingerprint density at radius 3 is 2.88 bits per heavy atom. The number of rotatable bonds is 5. The molecule has 1 saturated heterocycles. The van der Waals surface area contributed by atoms with Crippen LogP contribution in [0.4, 0.5) is 0 Å². The second-order valence-corrected chi connectivity index (χ2v) is 4.49. The standard InChI is InChI=1S/C12H20N2O3/c1-3-5-13-8-11(15)14-6-4-9(2)7-10(14)12(16)17/h3,9-10,13H,1,4-8H2,2H3,(H,16,17). The number of hydrogen-bond donors (Lipinski definition) is 2. The summed E-state index contributed by atoms with van der Waals surface area (Å²) in [6.45, 7) is 6.82. The summed E-state index contributed by atoms with van der Waals surface area (Å²) in [6, 6.07) is -0.670. The molecule has 0 spiro atoms. The largest absolute Gasteiger partial charge is 0.480 e. The summed E-state index contributed by atoms with van der Waals surface area (Å²) in [6.07, 6.45) is 3.08. The van der Waals surface area contributed by atoms with Crippen LogP contribution in [0.2, 0.25) is 0 Å². The highest BCUT2D eigenvalue weighted by atomic mass is 16.4. The third-order valence-electron chi connectivity index (χ3n) is 3.03. The first-order chi connectivity index (χ1) is 8.06. The molecule has 0 saturated carbocycles. The van der Waals surface area contributed by atoms with Crippen LogP contribution in [0.25, 0.3) is 0 Å². The first kappa shape index (κ1) is 13.7. The number of nitrogens with zero attached hydrogens (tertiary/aromatic N) is 1. The molecule has 5 heteroatoms. The lowest BCUT2D eigenvalue weighted by Crippen LogP contribution is -2.52. The van der Waals surface area contributed by atoms with E-state index in [1.165, 1.54) is 4.90 Å². The van der Waals surface area contributed by atoms with Gasteiger partial charge in [-0.05, 0) is 18.8 Å². The lowest BCUT2D eigenvalue weighted by atomic mass is 9.92. The highest BCUT2D eigenvalue weighted by Crippen LogP contribution is 2.22. The van der Waals surface area contributed by atoms with Gasteiger partial charge in [-0.3, -0.25) is 4.79 Å². The Hall–Kier alpha value is -1.36. The maximum atomic E-state index is 11.9. The molecular formula is C12H20N2O3. The number of amides is 1. The number of carboxylic acids is 1. The van der Waals surface area contributed by atoms with Crippen LogP contribution >= 0.6 is 0 Å². The van der Waals surface area contributed by atoms with Crippen LogP contribution in [0.5, 0.6) is 0 Å². The second kappa shape index (κ2) is 6.39. The zero-order valence-corrected chi connectivity index (χ0v) is 10.2. The molecule has 0 aromatic rings. The molecule has 1 aliphatic rings. The Labute approximate surface area is 101 Å². The van der Waals surface area contributed by atoms with Gasteiger partial charge in [0, 0.05) is 13.1 Å². The van der Waals surface area contributed by atoms with Crippen molar-refractivity contribution in [2.45, 2.75) is 25.8 Å². The van der Waals surface area contributed by atoms with Gasteiger partial charge in [-0.2, -0.15) is 0 Å². The minimum atomic E-state index is -0.909. The van der Waals surface area contributed by atoms with Gasteiger partial charge in [0.05, 0.1) is 6.54 Å². The van der Waals surface area contributed by atoms with E-state index in [9.17, 15) is 9.59 Å². The predicted octanol–water partition coefficient (Wildman–Crippen LogP) is 0.474. The van der Waals surface area contributed by atoms with Gasteiger partial charge in [0.15, 0.2) is 0 Å². The molecule has 17 heavy (non-hydrogen) atoms. The number of nitrogens with one attached hydrogen (secondary N) is 1. The molecule has 1 aliphatic heterocycles. The Morgan fingerprint density at radius 2 is 2.29 bits per heavy atom. The van der Waals surface area contributed by atoms with Crippen LogP contribution in [0, 0.1) is 5.92 Å². The molecule has 96 valence electrons. The first-order valence-electron chi connectivity index (χ1n) is 5.90. The van der Waals surface area contributed by atoms with Crippen molar-refractivity contribution in [3.63, 3.8) is 0 Å². The van der Waals surface area contributed by atoms with E-state index in [0.717, 1.165) is 6.42 Å². The molecule has 2 N–H and O–H groups in total. The van der Waals surface area contributed by atoms with Crippen molar-refractivity contribution < 1.29 is 14.7 Å². The van der Waals surface area contributed by atoms with Gasteiger partial charge >= 0.3 is 5.97 Å². The van der Waals surface area contributed by atoms with Gasteiger partial charge in [-0.1, -0.05) is 13.0 Å². The molecule has 0 aromatic carbocycles. The summed E-state index contributed by atoms with van der Waals surface area (Å²) in [4.78, 5) is 24.4. The normalized spacial score (nSPS) is 24.4. The van der Waals surface area contributed by atoms with Crippen molar-refractivity contribution in [1.82, 2.24) is 10.2 Å². The number of piperidine rings is 1. The molecule has 1 heterocycles. The van der Waals surface area contributed by atoms with E-state index < -0.39 is 12.0 Å². The van der Waals surface area contributed by atoms with E-state index >= 15 is 0 Å². The number of carbonyl (C=O) groups excluding carboxylic acids is 1. The molecule has 0 bridgehead atoms. The molecule has 1 amide bonds. The van der Waals surface area contributed by atoms with Crippen LogP contribution < -0.4 is 5.32 Å². The highest BCUT2D eigenvalue weighted by Gasteiger charge is 2.34. The topological polar surface area (TPSA) is 69.6 Å². The van der Waals surface area contributed by atoms with Gasteiger partial charge in [0.25, 0.3) is 0 Å². The molecule has 1 rings (SSSR count). The fraction of sp³-hybridized carbons (Fsp3) is 0.667. The maximum absolute atomic E-state index is 11.9. The SMILES string of the molecule is C=CCNCC(=O)N1CCC(C)CC1C(=O)O. The number of likely N-dealkylation sites (tertiary alicyclic amines) is 1. The molecular weight excluding hydrogens is 220 g/mol. The number of aliphatic carboxylic acids is 1. The number of hydrogen-bond acceptors (Lipinski definition) is 3. The van der Waals surface area contributed by atoms with Gasteiger partial charge in [-0.15, -0.1) is 6.58 Å². The predicted molar refractivity (Wildman–Crippen MR) is 64.6 cm³/mol. The average molecular weight is 240 g/mol. The van der Waals surface area contributed by atoms with Crippen molar-refractivity contribution in [3.05, 3.63) is 12.7 Å². The van der Waals surface area contributed by atoms with E-state index in [-0.39, 0.29) is 12.5 Å². The second-order valence-electron chi connectivity index (χ2n) is 4.49. The Balaban J connectivity index is 2.56. The summed E-state index contributed by atoms with van der Waals surface area (Å²) in [5, 5.41) is 12.0. The van der Waals surface area contributed by atoms with E-state index in [2.05, 4.69) is 11.9 Å². The highest BCUT2D eigenvalue weighted by molar-refractivity contribution is 5.85. The Morgan fingerprint density at radius 1 is 1.59 bits per heavy atom. The average Bonchev–Trinajstić information content (AvgIpc) is 2.29. The molecule has 0 radical (unpaired) electrons. The van der Waals surface area contributed by atoms with Gasteiger partial charge in [-0.25, -0.2) is 4.79 Å². The molecule has 2 atom stereocenters. The first-order valence-corrected chi connectivity index (χ1v) is 5.90. The minimum absolute atomic E-state index is 0.147. The zero-order chi connectivity index (χ0) is 12.8. The molecule has 1 fully saturated rings. The third-order valence-corrected chi connectivity index (χ3v) is 3.03. The summed E-state index contributed by atoms with van der Waals surface area (Å²) in [5.74, 6) is -0.693. The Kier molecular flexibility index (Phi) is 5.15. The smallest absolute Gasteiger partial charge is 0.326 e. The van der Waals surface area contributed by atoms with Crippen molar-refractivity contribution in [1.29, 1.82) is 0 Å².